The van der Waals surface area contributed by atoms with Crippen LogP contribution in [0.4, 0.5) is 0 Å². The highest BCUT2D eigenvalue weighted by Gasteiger charge is 2.25. The molecule has 0 aliphatic carbocycles. The Hall–Kier alpha value is -5.50. The summed E-state index contributed by atoms with van der Waals surface area (Å²) >= 11 is 1.88. The molecule has 1 heterocycles. The molecule has 10 aromatic carbocycles. The molecule has 1 aromatic heterocycles. The molecule has 0 atom stereocenters. The summed E-state index contributed by atoms with van der Waals surface area (Å²) in [5, 5.41) is 19.0. The molecule has 0 aliphatic heterocycles. The number of hydrogen-bond donors (Lipinski definition) is 0. The van der Waals surface area contributed by atoms with Crippen molar-refractivity contribution < 1.29 is 0 Å². The second kappa shape index (κ2) is 8.57. The minimum absolute atomic E-state index is 1.27. The third-order valence-corrected chi connectivity index (χ3v) is 11.3. The van der Waals surface area contributed by atoms with Crippen LogP contribution in [-0.4, -0.2) is 0 Å². The van der Waals surface area contributed by atoms with Crippen LogP contribution in [0.3, 0.4) is 0 Å². The predicted molar refractivity (Wildman–Crippen MR) is 198 cm³/mol. The minimum Gasteiger partial charge on any atom is -0.135 e. The minimum atomic E-state index is 1.27. The largest absolute Gasteiger partial charge is 0.135 e. The summed E-state index contributed by atoms with van der Waals surface area (Å²) in [6.45, 7) is 0. The van der Waals surface area contributed by atoms with E-state index in [-0.39, 0.29) is 0 Å². The van der Waals surface area contributed by atoms with E-state index in [1.165, 1.54) is 107 Å². The molecule has 206 valence electrons. The van der Waals surface area contributed by atoms with Gasteiger partial charge in [0.2, 0.25) is 0 Å². The SMILES string of the molecule is c1ccc(-c2c3cccc4c5ccccc5c(c34)c3c4cccc5c(-c6ccc7sc8ccccc8c7c6)ccc(c23)c54)cc1. The van der Waals surface area contributed by atoms with Gasteiger partial charge < -0.3 is 0 Å². The molecule has 0 N–H and O–H groups in total. The molecular formula is C44H24S. The summed E-state index contributed by atoms with van der Waals surface area (Å²) in [5.41, 5.74) is 5.18. The lowest BCUT2D eigenvalue weighted by molar-refractivity contribution is 1.69. The van der Waals surface area contributed by atoms with Crippen molar-refractivity contribution in [1.29, 1.82) is 0 Å². The standard InChI is InChI=1S/C44H24S/c1-2-10-25(11-3-1)39-33-17-9-16-31-28-12-4-5-14-32(28)42(41(31)33)44-34-18-8-15-30-27(21-22-35(40(30)34)43(39)44)26-20-23-38-36(24-26)29-13-6-7-19-37(29)45-38/h1-24H. The fourth-order valence-electron chi connectivity index (χ4n) is 8.38. The molecule has 1 heteroatoms. The quantitative estimate of drug-likeness (QED) is 0.190. The van der Waals surface area contributed by atoms with Crippen molar-refractivity contribution in [1.82, 2.24) is 0 Å². The third kappa shape index (κ3) is 3.01. The van der Waals surface area contributed by atoms with Crippen LogP contribution in [0, 0.1) is 0 Å². The van der Waals surface area contributed by atoms with Crippen LogP contribution < -0.4 is 0 Å². The van der Waals surface area contributed by atoms with E-state index < -0.39 is 0 Å². The second-order valence-corrected chi connectivity index (χ2v) is 13.4. The maximum absolute atomic E-state index is 2.41. The molecule has 11 rings (SSSR count). The molecule has 0 saturated carbocycles. The molecule has 0 spiro atoms. The summed E-state index contributed by atoms with van der Waals surface area (Å²) in [6.07, 6.45) is 0. The van der Waals surface area contributed by atoms with Crippen molar-refractivity contribution in [2.75, 3.05) is 0 Å². The molecule has 0 nitrogen and oxygen atoms in total. The third-order valence-electron chi connectivity index (χ3n) is 10.1. The molecule has 45 heavy (non-hydrogen) atoms. The monoisotopic (exact) mass is 584 g/mol. The first-order valence-electron chi connectivity index (χ1n) is 15.6. The molecule has 0 radical (unpaired) electrons. The summed E-state index contributed by atoms with van der Waals surface area (Å²) in [5.74, 6) is 0. The predicted octanol–water partition coefficient (Wildman–Crippen LogP) is 13.2. The molecule has 0 aliphatic rings. The average Bonchev–Trinajstić information content (AvgIpc) is 3.75. The number of benzene rings is 8. The molecule has 0 fully saturated rings. The highest BCUT2D eigenvalue weighted by atomic mass is 32.1. The topological polar surface area (TPSA) is 0 Å². The smallest absolute Gasteiger partial charge is 0.0355 e. The van der Waals surface area contributed by atoms with Crippen molar-refractivity contribution in [3.05, 3.63) is 146 Å². The lowest BCUT2D eigenvalue weighted by Gasteiger charge is -2.12. The molecule has 0 bridgehead atoms. The van der Waals surface area contributed by atoms with E-state index in [1.807, 2.05) is 11.3 Å². The summed E-state index contributed by atoms with van der Waals surface area (Å²) in [4.78, 5) is 0. The molecule has 0 saturated heterocycles. The Morgan fingerprint density at radius 3 is 1.80 bits per heavy atom. The highest BCUT2D eigenvalue weighted by molar-refractivity contribution is 7.25. The van der Waals surface area contributed by atoms with Gasteiger partial charge in [-0.3, -0.25) is 0 Å². The molecule has 0 amide bonds. The van der Waals surface area contributed by atoms with Crippen LogP contribution in [0.1, 0.15) is 0 Å². The van der Waals surface area contributed by atoms with E-state index >= 15 is 0 Å². The van der Waals surface area contributed by atoms with Crippen LogP contribution in [-0.2, 0) is 0 Å². The van der Waals surface area contributed by atoms with Gasteiger partial charge in [-0.15, -0.1) is 11.3 Å². The molecular weight excluding hydrogens is 561 g/mol. The van der Waals surface area contributed by atoms with Crippen LogP contribution in [0.25, 0.3) is 107 Å². The van der Waals surface area contributed by atoms with Gasteiger partial charge in [0.05, 0.1) is 0 Å². The van der Waals surface area contributed by atoms with E-state index in [2.05, 4.69) is 146 Å². The Kier molecular flexibility index (Phi) is 4.55. The van der Waals surface area contributed by atoms with Crippen molar-refractivity contribution in [2.45, 2.75) is 0 Å². The zero-order valence-corrected chi connectivity index (χ0v) is 25.1. The maximum atomic E-state index is 2.41. The van der Waals surface area contributed by atoms with E-state index in [0.29, 0.717) is 0 Å². The van der Waals surface area contributed by atoms with E-state index in [1.54, 1.807) is 0 Å². The fourth-order valence-corrected chi connectivity index (χ4v) is 9.47. The molecule has 0 unspecified atom stereocenters. The van der Waals surface area contributed by atoms with E-state index in [0.717, 1.165) is 0 Å². The zero-order chi connectivity index (χ0) is 29.2. The first-order chi connectivity index (χ1) is 22.3. The van der Waals surface area contributed by atoms with Crippen LogP contribution in [0.5, 0.6) is 0 Å². The second-order valence-electron chi connectivity index (χ2n) is 12.3. The first kappa shape index (κ1) is 23.9. The van der Waals surface area contributed by atoms with Crippen molar-refractivity contribution in [2.24, 2.45) is 0 Å². The Balaban J connectivity index is 1.35. The van der Waals surface area contributed by atoms with Crippen molar-refractivity contribution >= 4 is 96.1 Å². The lowest BCUT2D eigenvalue weighted by atomic mass is 9.90. The molecule has 11 aromatic rings. The van der Waals surface area contributed by atoms with Crippen LogP contribution in [0.2, 0.25) is 0 Å². The van der Waals surface area contributed by atoms with Gasteiger partial charge in [-0.1, -0.05) is 127 Å². The lowest BCUT2D eigenvalue weighted by Crippen LogP contribution is -1.85. The van der Waals surface area contributed by atoms with Crippen LogP contribution in [0.15, 0.2) is 146 Å². The van der Waals surface area contributed by atoms with Gasteiger partial charge in [0.15, 0.2) is 0 Å². The number of hydrogen-bond acceptors (Lipinski definition) is 1. The van der Waals surface area contributed by atoms with Crippen molar-refractivity contribution in [3.8, 4) is 22.3 Å². The van der Waals surface area contributed by atoms with Crippen LogP contribution >= 0.6 is 11.3 Å². The van der Waals surface area contributed by atoms with Gasteiger partial charge in [0.25, 0.3) is 0 Å². The van der Waals surface area contributed by atoms with Gasteiger partial charge in [-0.2, -0.15) is 0 Å². The van der Waals surface area contributed by atoms with Gasteiger partial charge in [-0.25, -0.2) is 0 Å². The Labute approximate surface area is 263 Å². The Morgan fingerprint density at radius 1 is 0.289 bits per heavy atom. The van der Waals surface area contributed by atoms with Gasteiger partial charge in [-0.05, 0) is 105 Å². The number of rotatable bonds is 2. The van der Waals surface area contributed by atoms with Crippen molar-refractivity contribution in [3.63, 3.8) is 0 Å². The summed E-state index contributed by atoms with van der Waals surface area (Å²) < 4.78 is 2.69. The van der Waals surface area contributed by atoms with Gasteiger partial charge >= 0.3 is 0 Å². The Morgan fingerprint density at radius 2 is 0.911 bits per heavy atom. The normalized spacial score (nSPS) is 12.4. The van der Waals surface area contributed by atoms with Gasteiger partial charge in [0.1, 0.15) is 0 Å². The number of thiophene rings is 1. The average molecular weight is 585 g/mol. The zero-order valence-electron chi connectivity index (χ0n) is 24.3. The Bertz CT molecular complexity index is 2960. The van der Waals surface area contributed by atoms with E-state index in [9.17, 15) is 0 Å². The first-order valence-corrected chi connectivity index (χ1v) is 16.4. The van der Waals surface area contributed by atoms with E-state index in [4.69, 9.17) is 0 Å². The maximum Gasteiger partial charge on any atom is 0.0355 e. The summed E-state index contributed by atoms with van der Waals surface area (Å²) in [7, 11) is 0. The fraction of sp³-hybridized carbons (Fsp3) is 0. The highest BCUT2D eigenvalue weighted by Crippen LogP contribution is 2.53. The number of fused-ring (bicyclic) bond motifs is 10. The summed E-state index contributed by atoms with van der Waals surface area (Å²) in [6, 6.07) is 54.5. The van der Waals surface area contributed by atoms with Gasteiger partial charge in [0, 0.05) is 20.2 Å².